The van der Waals surface area contributed by atoms with Crippen molar-refractivity contribution in [3.05, 3.63) is 22.7 Å². The molecule has 2 unspecified atom stereocenters. The van der Waals surface area contributed by atoms with Crippen LogP contribution in [0.5, 0.6) is 11.5 Å². The number of halogens is 1. The molecule has 1 N–H and O–H groups in total. The van der Waals surface area contributed by atoms with Gasteiger partial charge in [-0.1, -0.05) is 18.5 Å². The maximum Gasteiger partial charge on any atom is 0.180 e. The maximum absolute atomic E-state index is 6.54. The molecule has 3 rings (SSSR count). The van der Waals surface area contributed by atoms with Crippen molar-refractivity contribution < 1.29 is 9.47 Å². The smallest absolute Gasteiger partial charge is 0.180 e. The summed E-state index contributed by atoms with van der Waals surface area (Å²) in [4.78, 5) is 2.48. The Balaban J connectivity index is 1.89. The molecule has 138 valence electrons. The molecule has 2 heterocycles. The second kappa shape index (κ2) is 7.83. The third-order valence-corrected chi connectivity index (χ3v) is 5.09. The highest BCUT2D eigenvalue weighted by atomic mass is 35.5. The topological polar surface area (TPSA) is 46.1 Å². The molecule has 1 saturated heterocycles. The van der Waals surface area contributed by atoms with E-state index in [4.69, 9.17) is 21.1 Å². The summed E-state index contributed by atoms with van der Waals surface area (Å²) < 4.78 is 11.7. The van der Waals surface area contributed by atoms with Crippen LogP contribution in [0.15, 0.2) is 17.2 Å². The Labute approximate surface area is 155 Å². The summed E-state index contributed by atoms with van der Waals surface area (Å²) >= 11 is 6.54. The number of ether oxygens (including phenoxy) is 2. The van der Waals surface area contributed by atoms with Crippen molar-refractivity contribution in [1.82, 2.24) is 10.3 Å². The molecule has 0 radical (unpaired) electrons. The van der Waals surface area contributed by atoms with Crippen molar-refractivity contribution in [3.63, 3.8) is 0 Å². The average Bonchev–Trinajstić information content (AvgIpc) is 3.00. The van der Waals surface area contributed by atoms with Crippen molar-refractivity contribution in [2.45, 2.75) is 46.3 Å². The summed E-state index contributed by atoms with van der Waals surface area (Å²) in [7, 11) is 0. The molecule has 2 aliphatic rings. The second-order valence-corrected chi connectivity index (χ2v) is 7.30. The van der Waals surface area contributed by atoms with Gasteiger partial charge in [0.2, 0.25) is 0 Å². The molecule has 2 atom stereocenters. The van der Waals surface area contributed by atoms with Gasteiger partial charge in [-0.3, -0.25) is 0 Å². The first kappa shape index (κ1) is 18.3. The summed E-state index contributed by atoms with van der Waals surface area (Å²) in [5, 5.41) is 5.18. The Kier molecular flexibility index (Phi) is 5.74. The van der Waals surface area contributed by atoms with E-state index in [9.17, 15) is 0 Å². The quantitative estimate of drug-likeness (QED) is 0.831. The molecule has 0 bridgehead atoms. The second-order valence-electron chi connectivity index (χ2n) is 6.89. The van der Waals surface area contributed by atoms with Crippen LogP contribution >= 0.6 is 11.6 Å². The number of likely N-dealkylation sites (tertiary alicyclic amines) is 1. The fourth-order valence-electron chi connectivity index (χ4n) is 3.59. The predicted octanol–water partition coefficient (Wildman–Crippen LogP) is 3.87. The van der Waals surface area contributed by atoms with E-state index in [2.05, 4.69) is 22.4 Å². The first-order chi connectivity index (χ1) is 12.0. The molecule has 0 aromatic heterocycles. The van der Waals surface area contributed by atoms with Gasteiger partial charge in [0.05, 0.1) is 23.8 Å². The molecule has 6 heteroatoms. The van der Waals surface area contributed by atoms with E-state index in [-0.39, 0.29) is 12.1 Å². The Morgan fingerprint density at radius 3 is 2.84 bits per heavy atom. The van der Waals surface area contributed by atoms with Gasteiger partial charge in [-0.05, 0) is 45.0 Å². The maximum atomic E-state index is 6.54. The Hall–Kier alpha value is -1.46. The third kappa shape index (κ3) is 3.87. The van der Waals surface area contributed by atoms with Crippen LogP contribution in [0.1, 0.15) is 45.7 Å². The van der Waals surface area contributed by atoms with Crippen LogP contribution in [0.2, 0.25) is 5.02 Å². The number of rotatable bonds is 6. The van der Waals surface area contributed by atoms with E-state index < -0.39 is 0 Å². The minimum absolute atomic E-state index is 0.0403. The molecule has 2 aliphatic heterocycles. The summed E-state index contributed by atoms with van der Waals surface area (Å²) in [5.41, 5.74) is 5.70. The Morgan fingerprint density at radius 2 is 2.16 bits per heavy atom. The molecule has 0 spiro atoms. The van der Waals surface area contributed by atoms with Crippen LogP contribution < -0.4 is 14.9 Å². The Bertz CT molecular complexity index is 648. The van der Waals surface area contributed by atoms with Gasteiger partial charge < -0.3 is 19.8 Å². The van der Waals surface area contributed by atoms with Crippen LogP contribution in [-0.4, -0.2) is 43.0 Å². The zero-order valence-electron chi connectivity index (χ0n) is 15.5. The lowest BCUT2D eigenvalue weighted by Gasteiger charge is -2.33. The Morgan fingerprint density at radius 1 is 1.36 bits per heavy atom. The minimum atomic E-state index is 0.0403. The van der Waals surface area contributed by atoms with E-state index in [1.54, 1.807) is 0 Å². The van der Waals surface area contributed by atoms with Gasteiger partial charge in [0, 0.05) is 31.1 Å². The van der Waals surface area contributed by atoms with Crippen LogP contribution in [-0.2, 0) is 0 Å². The number of nitrogens with zero attached hydrogens (tertiary/aromatic N) is 2. The van der Waals surface area contributed by atoms with Crippen LogP contribution in [0.25, 0.3) is 0 Å². The lowest BCUT2D eigenvalue weighted by atomic mass is 9.86. The zero-order valence-corrected chi connectivity index (χ0v) is 16.3. The van der Waals surface area contributed by atoms with Crippen molar-refractivity contribution in [1.29, 1.82) is 0 Å². The first-order valence-electron chi connectivity index (χ1n) is 9.20. The zero-order chi connectivity index (χ0) is 18.0. The molecular formula is C19H28ClN3O2. The van der Waals surface area contributed by atoms with Gasteiger partial charge in [0.1, 0.15) is 0 Å². The highest BCUT2D eigenvalue weighted by molar-refractivity contribution is 6.32. The number of hydrogen-bond donors (Lipinski definition) is 1. The van der Waals surface area contributed by atoms with Crippen LogP contribution in [0, 0.1) is 5.92 Å². The number of benzene rings is 1. The molecule has 0 aliphatic carbocycles. The predicted molar refractivity (Wildman–Crippen MR) is 102 cm³/mol. The minimum Gasteiger partial charge on any atom is -0.490 e. The summed E-state index contributed by atoms with van der Waals surface area (Å²) in [5.74, 6) is 1.72. The summed E-state index contributed by atoms with van der Waals surface area (Å²) in [6.07, 6.45) is 1.07. The van der Waals surface area contributed by atoms with E-state index in [0.717, 1.165) is 31.6 Å². The molecule has 5 nitrogen and oxygen atoms in total. The molecule has 25 heavy (non-hydrogen) atoms. The number of hydrogen-bond acceptors (Lipinski definition) is 5. The molecular weight excluding hydrogens is 338 g/mol. The fourth-order valence-corrected chi connectivity index (χ4v) is 3.85. The molecule has 0 saturated carbocycles. The van der Waals surface area contributed by atoms with Crippen molar-refractivity contribution in [2.75, 3.05) is 26.2 Å². The van der Waals surface area contributed by atoms with Crippen LogP contribution in [0.4, 0.5) is 0 Å². The molecule has 1 aromatic rings. The number of nitrogens with one attached hydrogen (secondary N) is 1. The SMILES string of the molecule is CCOc1cc(C2NN=C3CCN(CC)CC32)cc(Cl)c1OC(C)C. The summed E-state index contributed by atoms with van der Waals surface area (Å²) in [6.45, 7) is 11.9. The lowest BCUT2D eigenvalue weighted by molar-refractivity contribution is 0.223. The number of piperidine rings is 1. The number of hydrazone groups is 1. The van der Waals surface area contributed by atoms with Gasteiger partial charge in [0.15, 0.2) is 11.5 Å². The monoisotopic (exact) mass is 365 g/mol. The van der Waals surface area contributed by atoms with Crippen LogP contribution in [0.3, 0.4) is 0 Å². The first-order valence-corrected chi connectivity index (χ1v) is 9.58. The van der Waals surface area contributed by atoms with Gasteiger partial charge >= 0.3 is 0 Å². The lowest BCUT2D eigenvalue weighted by Crippen LogP contribution is -2.41. The highest BCUT2D eigenvalue weighted by Crippen LogP contribution is 2.41. The molecule has 1 fully saturated rings. The van der Waals surface area contributed by atoms with Gasteiger partial charge in [-0.15, -0.1) is 0 Å². The normalized spacial score (nSPS) is 23.2. The molecule has 0 amide bonds. The standard InChI is InChI=1S/C19H28ClN3O2/c1-5-23-8-7-16-14(11-23)18(22-21-16)13-9-15(20)19(25-12(3)4)17(10-13)24-6-2/h9-10,12,14,18,22H,5-8,11H2,1-4H3. The van der Waals surface area contributed by atoms with Gasteiger partial charge in [-0.2, -0.15) is 5.10 Å². The highest BCUT2D eigenvalue weighted by Gasteiger charge is 2.37. The van der Waals surface area contributed by atoms with Gasteiger partial charge in [0.25, 0.3) is 0 Å². The van der Waals surface area contributed by atoms with E-state index in [1.165, 1.54) is 5.71 Å². The van der Waals surface area contributed by atoms with Gasteiger partial charge in [-0.25, -0.2) is 0 Å². The van der Waals surface area contributed by atoms with Crippen molar-refractivity contribution in [2.24, 2.45) is 11.0 Å². The van der Waals surface area contributed by atoms with Crippen molar-refractivity contribution >= 4 is 17.3 Å². The summed E-state index contributed by atoms with van der Waals surface area (Å²) in [6, 6.07) is 4.17. The fraction of sp³-hybridized carbons (Fsp3) is 0.632. The van der Waals surface area contributed by atoms with E-state index in [0.29, 0.717) is 29.0 Å². The van der Waals surface area contributed by atoms with Crippen molar-refractivity contribution in [3.8, 4) is 11.5 Å². The third-order valence-electron chi connectivity index (χ3n) is 4.81. The largest absolute Gasteiger partial charge is 0.490 e. The van der Waals surface area contributed by atoms with E-state index in [1.807, 2.05) is 32.9 Å². The average molecular weight is 366 g/mol. The number of fused-ring (bicyclic) bond motifs is 1. The molecule has 1 aromatic carbocycles. The van der Waals surface area contributed by atoms with E-state index >= 15 is 0 Å².